The van der Waals surface area contributed by atoms with Crippen LogP contribution in [0.2, 0.25) is 0 Å². The van der Waals surface area contributed by atoms with Gasteiger partial charge in [-0.1, -0.05) is 23.2 Å². The second-order valence-corrected chi connectivity index (χ2v) is 1.89. The molecule has 0 fully saturated rings. The van der Waals surface area contributed by atoms with Crippen LogP contribution in [-0.2, 0) is 0 Å². The largest absolute Gasteiger partial charge is 0.197 e. The maximum Gasteiger partial charge on any atom is 0.183 e. The molecule has 4 heteroatoms. The molecule has 0 aromatic heterocycles. The molecule has 0 atom stereocenters. The number of rotatable bonds is 0. The zero-order chi connectivity index (χ0) is 5.15. The lowest BCUT2D eigenvalue weighted by molar-refractivity contribution is 0.702. The Morgan fingerprint density at radius 2 is 1.67 bits per heavy atom. The van der Waals surface area contributed by atoms with Gasteiger partial charge in [-0.15, -0.1) is 12.6 Å². The third-order valence-corrected chi connectivity index (χ3v) is 0.975. The summed E-state index contributed by atoms with van der Waals surface area (Å²) in [5, 5.41) is -0.849. The number of hydrogen-bond acceptors (Lipinski definition) is 1. The summed E-state index contributed by atoms with van der Waals surface area (Å²) in [5.41, 5.74) is 0. The molecular formula is C2HCl2FS. The van der Waals surface area contributed by atoms with Gasteiger partial charge < -0.3 is 0 Å². The maximum atomic E-state index is 11.3. The molecule has 36 valence electrons. The van der Waals surface area contributed by atoms with Crippen molar-refractivity contribution in [1.82, 2.24) is 0 Å². The summed E-state index contributed by atoms with van der Waals surface area (Å²) in [5.74, 6) is 0. The van der Waals surface area contributed by atoms with Crippen molar-refractivity contribution in [2.24, 2.45) is 0 Å². The summed E-state index contributed by atoms with van der Waals surface area (Å²) in [4.78, 5) is 0. The van der Waals surface area contributed by atoms with Gasteiger partial charge in [-0.25, -0.2) is 0 Å². The first kappa shape index (κ1) is 6.60. The SMILES string of the molecule is FC(S)=C(Cl)Cl. The summed E-state index contributed by atoms with van der Waals surface area (Å²) in [6, 6.07) is 0. The first-order valence-electron chi connectivity index (χ1n) is 1.04. The molecule has 0 unspecified atom stereocenters. The monoisotopic (exact) mass is 146 g/mol. The fourth-order valence-corrected chi connectivity index (χ4v) is 0. The quantitative estimate of drug-likeness (QED) is 0.500. The number of thiol groups is 1. The average molecular weight is 147 g/mol. The Kier molecular flexibility index (Phi) is 2.99. The lowest BCUT2D eigenvalue weighted by Gasteiger charge is -1.76. The van der Waals surface area contributed by atoms with E-state index in [0.717, 1.165) is 0 Å². The van der Waals surface area contributed by atoms with E-state index in [0.29, 0.717) is 0 Å². The van der Waals surface area contributed by atoms with Gasteiger partial charge in [0.1, 0.15) is 4.49 Å². The fourth-order valence-electron chi connectivity index (χ4n) is 0. The van der Waals surface area contributed by atoms with Gasteiger partial charge in [0.05, 0.1) is 0 Å². The Bertz CT molecular complexity index is 61.6. The fraction of sp³-hybridized carbons (Fsp3) is 0. The van der Waals surface area contributed by atoms with Crippen LogP contribution in [0.3, 0.4) is 0 Å². The van der Waals surface area contributed by atoms with Crippen LogP contribution in [0.25, 0.3) is 0 Å². The standard InChI is InChI=1S/C2HCl2FS/c3-1(4)2(5)6/h6H. The third kappa shape index (κ3) is 2.82. The van der Waals surface area contributed by atoms with Crippen LogP contribution in [0.5, 0.6) is 0 Å². The van der Waals surface area contributed by atoms with Crippen LogP contribution >= 0.6 is 35.8 Å². The van der Waals surface area contributed by atoms with Gasteiger partial charge >= 0.3 is 0 Å². The summed E-state index contributed by atoms with van der Waals surface area (Å²) < 4.78 is 10.9. The van der Waals surface area contributed by atoms with Crippen molar-refractivity contribution in [2.75, 3.05) is 0 Å². The van der Waals surface area contributed by atoms with Crippen LogP contribution in [0.1, 0.15) is 0 Å². The lowest BCUT2D eigenvalue weighted by Crippen LogP contribution is -1.50. The lowest BCUT2D eigenvalue weighted by atomic mass is 11.2. The van der Waals surface area contributed by atoms with Gasteiger partial charge in [-0.3, -0.25) is 0 Å². The first-order valence-corrected chi connectivity index (χ1v) is 2.24. The molecule has 0 heterocycles. The summed E-state index contributed by atoms with van der Waals surface area (Å²) in [6.07, 6.45) is 0. The van der Waals surface area contributed by atoms with E-state index in [1.54, 1.807) is 0 Å². The summed E-state index contributed by atoms with van der Waals surface area (Å²) >= 11 is 12.8. The minimum Gasteiger partial charge on any atom is -0.197 e. The van der Waals surface area contributed by atoms with Crippen molar-refractivity contribution in [3.05, 3.63) is 9.65 Å². The molecule has 0 radical (unpaired) electrons. The molecule has 6 heavy (non-hydrogen) atoms. The van der Waals surface area contributed by atoms with Crippen LogP contribution in [-0.4, -0.2) is 0 Å². The molecule has 0 bridgehead atoms. The second kappa shape index (κ2) is 2.72. The molecule has 0 rings (SSSR count). The summed E-state index contributed by atoms with van der Waals surface area (Å²) in [6.45, 7) is 0. The van der Waals surface area contributed by atoms with Gasteiger partial charge in [0.25, 0.3) is 0 Å². The predicted octanol–water partition coefficient (Wildman–Crippen LogP) is 2.49. The van der Waals surface area contributed by atoms with Crippen molar-refractivity contribution in [1.29, 1.82) is 0 Å². The first-order chi connectivity index (χ1) is 2.64. The Labute approximate surface area is 50.3 Å². The van der Waals surface area contributed by atoms with Gasteiger partial charge in [0.2, 0.25) is 0 Å². The van der Waals surface area contributed by atoms with Crippen LogP contribution < -0.4 is 0 Å². The molecule has 0 saturated carbocycles. The molecule has 0 aromatic carbocycles. The Morgan fingerprint density at radius 1 is 1.50 bits per heavy atom. The molecule has 0 spiro atoms. The topological polar surface area (TPSA) is 0 Å². The van der Waals surface area contributed by atoms with E-state index >= 15 is 0 Å². The molecule has 0 amide bonds. The van der Waals surface area contributed by atoms with Gasteiger partial charge in [-0.05, 0) is 0 Å². The van der Waals surface area contributed by atoms with Crippen LogP contribution in [0.15, 0.2) is 9.65 Å². The van der Waals surface area contributed by atoms with Crippen LogP contribution in [0, 0.1) is 0 Å². The highest BCUT2D eigenvalue weighted by Gasteiger charge is 1.88. The molecule has 0 aromatic rings. The molecule has 0 saturated heterocycles. The maximum absolute atomic E-state index is 11.3. The van der Waals surface area contributed by atoms with Crippen molar-refractivity contribution in [2.45, 2.75) is 0 Å². The number of halogens is 3. The van der Waals surface area contributed by atoms with E-state index in [1.807, 2.05) is 0 Å². The van der Waals surface area contributed by atoms with Gasteiger partial charge in [0.15, 0.2) is 5.16 Å². The van der Waals surface area contributed by atoms with Crippen molar-refractivity contribution in [3.8, 4) is 0 Å². The van der Waals surface area contributed by atoms with E-state index < -0.39 is 9.65 Å². The van der Waals surface area contributed by atoms with E-state index in [9.17, 15) is 4.39 Å². The highest BCUT2D eigenvalue weighted by atomic mass is 35.5. The van der Waals surface area contributed by atoms with Crippen LogP contribution in [0.4, 0.5) is 4.39 Å². The molecule has 0 aliphatic carbocycles. The Morgan fingerprint density at radius 3 is 1.67 bits per heavy atom. The highest BCUT2D eigenvalue weighted by molar-refractivity contribution is 7.84. The van der Waals surface area contributed by atoms with Crippen molar-refractivity contribution in [3.63, 3.8) is 0 Å². The van der Waals surface area contributed by atoms with E-state index in [-0.39, 0.29) is 0 Å². The predicted molar refractivity (Wildman–Crippen MR) is 28.8 cm³/mol. The third-order valence-electron chi connectivity index (χ3n) is 0.156. The van der Waals surface area contributed by atoms with E-state index in [4.69, 9.17) is 23.2 Å². The minimum atomic E-state index is -0.849. The van der Waals surface area contributed by atoms with Gasteiger partial charge in [-0.2, -0.15) is 4.39 Å². The average Bonchev–Trinajstić information content (AvgIpc) is 1.36. The molecule has 0 N–H and O–H groups in total. The highest BCUT2D eigenvalue weighted by Crippen LogP contribution is 2.16. The molecule has 0 aliphatic rings. The van der Waals surface area contributed by atoms with Crippen molar-refractivity contribution >= 4 is 35.8 Å². The Hall–Kier alpha value is 0.600. The number of hydrogen-bond donors (Lipinski definition) is 1. The minimum absolute atomic E-state index is 0.432. The normalized spacial score (nSPS) is 8.00. The van der Waals surface area contributed by atoms with Crippen molar-refractivity contribution < 1.29 is 4.39 Å². The molecular weight excluding hydrogens is 146 g/mol. The molecule has 0 nitrogen and oxygen atoms in total. The second-order valence-electron chi connectivity index (χ2n) is 0.551. The zero-order valence-electron chi connectivity index (χ0n) is 2.58. The van der Waals surface area contributed by atoms with Gasteiger partial charge in [0, 0.05) is 0 Å². The smallest absolute Gasteiger partial charge is 0.183 e. The molecule has 0 aliphatic heterocycles. The van der Waals surface area contributed by atoms with E-state index in [1.165, 1.54) is 0 Å². The Balaban J connectivity index is 3.68. The summed E-state index contributed by atoms with van der Waals surface area (Å²) in [7, 11) is 0. The van der Waals surface area contributed by atoms with E-state index in [2.05, 4.69) is 12.6 Å². The zero-order valence-corrected chi connectivity index (χ0v) is 4.99.